The van der Waals surface area contributed by atoms with Gasteiger partial charge in [-0.05, 0) is 29.5 Å². The Kier molecular flexibility index (Phi) is 4.34. The fourth-order valence-electron chi connectivity index (χ4n) is 4.26. The molecule has 0 fully saturated rings. The van der Waals surface area contributed by atoms with Gasteiger partial charge >= 0.3 is 0 Å². The lowest BCUT2D eigenvalue weighted by Crippen LogP contribution is -2.39. The Morgan fingerprint density at radius 2 is 1.64 bits per heavy atom. The smallest absolute Gasteiger partial charge is 0.233 e. The Hall–Kier alpha value is -2.60. The predicted molar refractivity (Wildman–Crippen MR) is 112 cm³/mol. The second kappa shape index (κ2) is 6.48. The molecule has 2 aromatic rings. The van der Waals surface area contributed by atoms with Gasteiger partial charge in [0.2, 0.25) is 10.0 Å². The average Bonchev–Trinajstić information content (AvgIpc) is 2.75. The number of ketones is 1. The monoisotopic (exact) mass is 396 g/mol. The highest BCUT2D eigenvalue weighted by molar-refractivity contribution is 7.92. The van der Waals surface area contributed by atoms with E-state index in [4.69, 9.17) is 0 Å². The van der Waals surface area contributed by atoms with E-state index < -0.39 is 16.1 Å². The van der Waals surface area contributed by atoms with E-state index in [0.29, 0.717) is 29.8 Å². The zero-order valence-electron chi connectivity index (χ0n) is 16.3. The van der Waals surface area contributed by atoms with Gasteiger partial charge in [0.25, 0.3) is 0 Å². The first-order valence-corrected chi connectivity index (χ1v) is 11.2. The Bertz CT molecular complexity index is 1070. The van der Waals surface area contributed by atoms with Crippen LogP contribution >= 0.6 is 0 Å². The molecule has 0 unspecified atom stereocenters. The SMILES string of the molecule is CC1(C)CC(=O)C2=C(C1)Nc1ccccc1N(S(C)(=O)=O)[C@@H]2c1ccccc1. The predicted octanol–water partition coefficient (Wildman–Crippen LogP) is 4.26. The third-order valence-corrected chi connectivity index (χ3v) is 6.45. The highest BCUT2D eigenvalue weighted by Gasteiger charge is 2.43. The Morgan fingerprint density at radius 3 is 2.32 bits per heavy atom. The molecule has 2 aliphatic rings. The van der Waals surface area contributed by atoms with Crippen molar-refractivity contribution < 1.29 is 13.2 Å². The molecule has 146 valence electrons. The van der Waals surface area contributed by atoms with Crippen molar-refractivity contribution in [1.82, 2.24) is 0 Å². The molecule has 0 radical (unpaired) electrons. The lowest BCUT2D eigenvalue weighted by molar-refractivity contribution is -0.118. The van der Waals surface area contributed by atoms with Gasteiger partial charge in [-0.3, -0.25) is 9.10 Å². The molecule has 1 aliphatic heterocycles. The van der Waals surface area contributed by atoms with Gasteiger partial charge in [-0.1, -0.05) is 56.3 Å². The molecule has 0 bridgehead atoms. The molecule has 1 heterocycles. The summed E-state index contributed by atoms with van der Waals surface area (Å²) in [5.74, 6) is -0.00550. The van der Waals surface area contributed by atoms with Crippen molar-refractivity contribution in [3.8, 4) is 0 Å². The van der Waals surface area contributed by atoms with Crippen molar-refractivity contribution in [2.45, 2.75) is 32.7 Å². The number of Topliss-reactive ketones (excluding diaryl/α,β-unsaturated/α-hetero) is 1. The quantitative estimate of drug-likeness (QED) is 0.824. The van der Waals surface area contributed by atoms with Crippen LogP contribution in [0, 0.1) is 5.41 Å². The number of fused-ring (bicyclic) bond motifs is 1. The number of hydrogen-bond acceptors (Lipinski definition) is 4. The van der Waals surface area contributed by atoms with Gasteiger partial charge in [0.15, 0.2) is 5.78 Å². The van der Waals surface area contributed by atoms with Crippen molar-refractivity contribution >= 4 is 27.2 Å². The third-order valence-electron chi connectivity index (χ3n) is 5.33. The number of nitrogens with zero attached hydrogens (tertiary/aromatic N) is 1. The summed E-state index contributed by atoms with van der Waals surface area (Å²) in [6, 6.07) is 16.0. The number of allylic oxidation sites excluding steroid dienone is 1. The largest absolute Gasteiger partial charge is 0.357 e. The first-order valence-electron chi connectivity index (χ1n) is 9.34. The van der Waals surface area contributed by atoms with Crippen molar-refractivity contribution in [2.24, 2.45) is 5.41 Å². The Balaban J connectivity index is 2.05. The highest BCUT2D eigenvalue weighted by atomic mass is 32.2. The van der Waals surface area contributed by atoms with Gasteiger partial charge in [-0.25, -0.2) is 8.42 Å². The maximum absolute atomic E-state index is 13.3. The van der Waals surface area contributed by atoms with Crippen LogP contribution in [0.3, 0.4) is 0 Å². The summed E-state index contributed by atoms with van der Waals surface area (Å²) < 4.78 is 27.3. The van der Waals surface area contributed by atoms with Crippen LogP contribution in [0.4, 0.5) is 11.4 Å². The third kappa shape index (κ3) is 3.22. The van der Waals surface area contributed by atoms with Crippen molar-refractivity contribution in [2.75, 3.05) is 15.9 Å². The molecule has 0 aromatic heterocycles. The Labute approximate surface area is 166 Å². The molecule has 1 atom stereocenters. The topological polar surface area (TPSA) is 66.5 Å². The summed E-state index contributed by atoms with van der Waals surface area (Å²) >= 11 is 0. The summed E-state index contributed by atoms with van der Waals surface area (Å²) in [7, 11) is -3.66. The first kappa shape index (κ1) is 18.7. The zero-order chi connectivity index (χ0) is 20.1. The minimum atomic E-state index is -3.66. The van der Waals surface area contributed by atoms with Crippen LogP contribution in [0.25, 0.3) is 0 Å². The number of anilines is 2. The van der Waals surface area contributed by atoms with E-state index in [1.54, 1.807) is 6.07 Å². The van der Waals surface area contributed by atoms with E-state index in [9.17, 15) is 13.2 Å². The highest BCUT2D eigenvalue weighted by Crippen LogP contribution is 2.48. The van der Waals surface area contributed by atoms with Crippen LogP contribution < -0.4 is 9.62 Å². The van der Waals surface area contributed by atoms with Crippen molar-refractivity contribution in [3.63, 3.8) is 0 Å². The van der Waals surface area contributed by atoms with Crippen molar-refractivity contribution in [3.05, 3.63) is 71.4 Å². The van der Waals surface area contributed by atoms with Crippen LogP contribution in [0.2, 0.25) is 0 Å². The Morgan fingerprint density at radius 1 is 1.00 bits per heavy atom. The molecule has 5 nitrogen and oxygen atoms in total. The standard InChI is InChI=1S/C22H24N2O3S/c1-22(2)13-17-20(19(25)14-22)21(15-9-5-4-6-10-15)24(28(3,26)27)18-12-8-7-11-16(18)23-17/h4-12,21,23H,13-14H2,1-3H3/t21-/m1/s1. The lowest BCUT2D eigenvalue weighted by Gasteiger charge is -2.36. The fourth-order valence-corrected chi connectivity index (χ4v) is 5.39. The van der Waals surface area contributed by atoms with Crippen LogP contribution in [0.15, 0.2) is 65.9 Å². The lowest BCUT2D eigenvalue weighted by atomic mass is 9.73. The molecule has 1 N–H and O–H groups in total. The number of carbonyl (C=O) groups excluding carboxylic acids is 1. The minimum absolute atomic E-state index is 0.00550. The number of para-hydroxylation sites is 2. The van der Waals surface area contributed by atoms with Gasteiger partial charge in [0.1, 0.15) is 6.04 Å². The van der Waals surface area contributed by atoms with Gasteiger partial charge in [-0.2, -0.15) is 0 Å². The van der Waals surface area contributed by atoms with Gasteiger partial charge in [0.05, 0.1) is 17.6 Å². The van der Waals surface area contributed by atoms with Crippen LogP contribution in [-0.4, -0.2) is 20.5 Å². The molecule has 0 saturated carbocycles. The average molecular weight is 397 g/mol. The molecular weight excluding hydrogens is 372 g/mol. The number of nitrogens with one attached hydrogen (secondary N) is 1. The number of carbonyl (C=O) groups is 1. The van der Waals surface area contributed by atoms with E-state index >= 15 is 0 Å². The first-order chi connectivity index (χ1) is 13.2. The van der Waals surface area contributed by atoms with E-state index in [1.807, 2.05) is 48.5 Å². The summed E-state index contributed by atoms with van der Waals surface area (Å²) in [6.07, 6.45) is 2.27. The molecule has 0 saturated heterocycles. The second-order valence-electron chi connectivity index (χ2n) is 8.35. The second-order valence-corrected chi connectivity index (χ2v) is 10.2. The number of rotatable bonds is 2. The summed E-state index contributed by atoms with van der Waals surface area (Å²) in [4.78, 5) is 13.3. The van der Waals surface area contributed by atoms with Gasteiger partial charge < -0.3 is 5.32 Å². The number of hydrogen-bond donors (Lipinski definition) is 1. The molecule has 0 spiro atoms. The molecule has 2 aromatic carbocycles. The van der Waals surface area contributed by atoms with E-state index in [1.165, 1.54) is 10.6 Å². The summed E-state index contributed by atoms with van der Waals surface area (Å²) in [6.45, 7) is 4.14. The van der Waals surface area contributed by atoms with E-state index in [0.717, 1.165) is 11.3 Å². The minimum Gasteiger partial charge on any atom is -0.357 e. The van der Waals surface area contributed by atoms with Gasteiger partial charge in [0, 0.05) is 17.7 Å². The maximum atomic E-state index is 13.3. The summed E-state index contributed by atoms with van der Waals surface area (Å²) in [5.41, 5.74) is 3.22. The zero-order valence-corrected chi connectivity index (χ0v) is 17.1. The normalized spacial score (nSPS) is 21.5. The fraction of sp³-hybridized carbons (Fsp3) is 0.318. The molecule has 6 heteroatoms. The number of sulfonamides is 1. The molecule has 4 rings (SSSR count). The molecule has 28 heavy (non-hydrogen) atoms. The van der Waals surface area contributed by atoms with E-state index in [2.05, 4.69) is 19.2 Å². The number of benzene rings is 2. The van der Waals surface area contributed by atoms with Crippen LogP contribution in [-0.2, 0) is 14.8 Å². The van der Waals surface area contributed by atoms with Crippen LogP contribution in [0.5, 0.6) is 0 Å². The molecular formula is C22H24N2O3S. The van der Waals surface area contributed by atoms with Crippen LogP contribution in [0.1, 0.15) is 38.3 Å². The van der Waals surface area contributed by atoms with E-state index in [-0.39, 0.29) is 11.2 Å². The maximum Gasteiger partial charge on any atom is 0.233 e. The summed E-state index contributed by atoms with van der Waals surface area (Å²) in [5, 5.41) is 3.40. The van der Waals surface area contributed by atoms with Crippen molar-refractivity contribution in [1.29, 1.82) is 0 Å². The molecule has 0 amide bonds. The molecule has 1 aliphatic carbocycles. The van der Waals surface area contributed by atoms with Gasteiger partial charge in [-0.15, -0.1) is 0 Å².